The second kappa shape index (κ2) is 12.8. The van der Waals surface area contributed by atoms with Crippen LogP contribution in [0.15, 0.2) is 84.9 Å². The third-order valence-corrected chi connectivity index (χ3v) is 7.44. The van der Waals surface area contributed by atoms with Crippen LogP contribution in [0.4, 0.5) is 0 Å². The van der Waals surface area contributed by atoms with Crippen molar-refractivity contribution < 1.29 is 39.2 Å². The molecule has 0 bridgehead atoms. The van der Waals surface area contributed by atoms with Crippen LogP contribution < -0.4 is 4.74 Å². The van der Waals surface area contributed by atoms with Gasteiger partial charge in [-0.2, -0.15) is 0 Å². The van der Waals surface area contributed by atoms with Crippen molar-refractivity contribution in [2.75, 3.05) is 27.2 Å². The SMILES string of the molecule is CC/C(=C(\c1ccccc1)c1ccc(OCC[N+](C)(C)[C@@H]2OC(C(=O)O)[C@@H](O)[C@H](O)[C@@H]2O)cc1)c1ccccc1. The molecule has 1 saturated heterocycles. The number of quaternary nitrogens is 1. The lowest BCUT2D eigenvalue weighted by molar-refractivity contribution is -0.944. The van der Waals surface area contributed by atoms with Crippen molar-refractivity contribution in [2.45, 2.75) is 44.0 Å². The maximum Gasteiger partial charge on any atom is 0.335 e. The van der Waals surface area contributed by atoms with Crippen LogP contribution in [-0.2, 0) is 9.53 Å². The molecule has 4 rings (SSSR count). The number of aliphatic carboxylic acids is 1. The molecule has 40 heavy (non-hydrogen) atoms. The maximum absolute atomic E-state index is 11.5. The van der Waals surface area contributed by atoms with Gasteiger partial charge in [-0.3, -0.25) is 4.48 Å². The summed E-state index contributed by atoms with van der Waals surface area (Å²) in [5.74, 6) is -0.736. The highest BCUT2D eigenvalue weighted by atomic mass is 16.6. The first-order valence-corrected chi connectivity index (χ1v) is 13.5. The highest BCUT2D eigenvalue weighted by Gasteiger charge is 2.52. The van der Waals surface area contributed by atoms with E-state index in [1.807, 2.05) is 60.7 Å². The molecule has 3 aromatic carbocycles. The number of likely N-dealkylation sites (N-methyl/N-ethyl adjacent to an activating group) is 1. The van der Waals surface area contributed by atoms with Gasteiger partial charge in [-0.1, -0.05) is 79.7 Å². The zero-order chi connectivity index (χ0) is 28.9. The van der Waals surface area contributed by atoms with Gasteiger partial charge in [-0.25, -0.2) is 4.79 Å². The number of allylic oxidation sites excluding steroid dienone is 1. The third kappa shape index (κ3) is 6.43. The van der Waals surface area contributed by atoms with Crippen molar-refractivity contribution in [3.8, 4) is 5.75 Å². The number of benzene rings is 3. The Bertz CT molecular complexity index is 1290. The van der Waals surface area contributed by atoms with E-state index in [4.69, 9.17) is 9.47 Å². The highest BCUT2D eigenvalue weighted by Crippen LogP contribution is 2.35. The molecule has 0 spiro atoms. The molecule has 1 aliphatic heterocycles. The van der Waals surface area contributed by atoms with Gasteiger partial charge in [-0.05, 0) is 46.4 Å². The molecule has 3 aromatic rings. The number of carboxylic acid groups (broad SMARTS) is 1. The van der Waals surface area contributed by atoms with Crippen molar-refractivity contribution >= 4 is 17.1 Å². The van der Waals surface area contributed by atoms with Crippen LogP contribution in [-0.4, -0.2) is 88.8 Å². The molecule has 1 heterocycles. The second-order valence-corrected chi connectivity index (χ2v) is 10.6. The van der Waals surface area contributed by atoms with Gasteiger partial charge in [-0.15, -0.1) is 0 Å². The van der Waals surface area contributed by atoms with Crippen LogP contribution in [0.3, 0.4) is 0 Å². The van der Waals surface area contributed by atoms with Gasteiger partial charge in [0, 0.05) is 0 Å². The van der Waals surface area contributed by atoms with Gasteiger partial charge in [0.05, 0.1) is 14.1 Å². The summed E-state index contributed by atoms with van der Waals surface area (Å²) in [7, 11) is 3.49. The standard InChI is InChI=1S/C32H37NO7/c1-4-25(21-11-7-5-8-12-21)26(22-13-9-6-10-14-22)23-15-17-24(18-16-23)39-20-19-33(2,3)31-29(36)27(34)28(35)30(40-31)32(37)38/h5-18,27-31,34-36H,4,19-20H2,1-3H3/p+1/b26-25-/t27-,28-,29-,30?,31+/m0/s1. The molecule has 1 unspecified atom stereocenters. The molecule has 0 saturated carbocycles. The molecule has 0 aromatic heterocycles. The molecule has 1 fully saturated rings. The Morgan fingerprint density at radius 1 is 0.800 bits per heavy atom. The molecule has 8 heteroatoms. The summed E-state index contributed by atoms with van der Waals surface area (Å²) in [6.07, 6.45) is -6.65. The van der Waals surface area contributed by atoms with E-state index in [0.29, 0.717) is 12.3 Å². The first-order valence-electron chi connectivity index (χ1n) is 13.5. The smallest absolute Gasteiger partial charge is 0.335 e. The van der Waals surface area contributed by atoms with Crippen molar-refractivity contribution in [3.05, 3.63) is 102 Å². The highest BCUT2D eigenvalue weighted by molar-refractivity contribution is 5.98. The van der Waals surface area contributed by atoms with Gasteiger partial charge >= 0.3 is 5.97 Å². The summed E-state index contributed by atoms with van der Waals surface area (Å²) in [6.45, 7) is 2.76. The molecule has 0 amide bonds. The van der Waals surface area contributed by atoms with Gasteiger partial charge < -0.3 is 29.9 Å². The van der Waals surface area contributed by atoms with E-state index in [1.165, 1.54) is 11.1 Å². The van der Waals surface area contributed by atoms with E-state index in [9.17, 15) is 25.2 Å². The van der Waals surface area contributed by atoms with E-state index in [-0.39, 0.29) is 11.1 Å². The minimum Gasteiger partial charge on any atom is -0.488 e. The number of hydrogen-bond acceptors (Lipinski definition) is 6. The van der Waals surface area contributed by atoms with Gasteiger partial charge in [0.1, 0.15) is 31.1 Å². The van der Waals surface area contributed by atoms with E-state index < -0.39 is 36.6 Å². The average Bonchev–Trinajstić information content (AvgIpc) is 2.95. The van der Waals surface area contributed by atoms with Crippen LogP contribution in [0.2, 0.25) is 0 Å². The summed E-state index contributed by atoms with van der Waals surface area (Å²) in [6, 6.07) is 28.6. The Hall–Kier alpha value is -3.53. The van der Waals surface area contributed by atoms with Crippen LogP contribution in [0, 0.1) is 0 Å². The largest absolute Gasteiger partial charge is 0.488 e. The normalized spacial score (nSPS) is 23.8. The molecule has 212 valence electrons. The Labute approximate surface area is 234 Å². The maximum atomic E-state index is 11.5. The van der Waals surface area contributed by atoms with Gasteiger partial charge in [0.25, 0.3) is 0 Å². The van der Waals surface area contributed by atoms with Gasteiger partial charge in [0.2, 0.25) is 6.23 Å². The molecule has 4 N–H and O–H groups in total. The summed E-state index contributed by atoms with van der Waals surface area (Å²) in [4.78, 5) is 11.5. The lowest BCUT2D eigenvalue weighted by Crippen LogP contribution is -2.68. The summed E-state index contributed by atoms with van der Waals surface area (Å²) < 4.78 is 11.5. The Balaban J connectivity index is 1.50. The van der Waals surface area contributed by atoms with Crippen LogP contribution in [0.5, 0.6) is 5.75 Å². The summed E-state index contributed by atoms with van der Waals surface area (Å²) >= 11 is 0. The number of aliphatic hydroxyl groups excluding tert-OH is 3. The van der Waals surface area contributed by atoms with Crippen LogP contribution >= 0.6 is 0 Å². The third-order valence-electron chi connectivity index (χ3n) is 7.44. The van der Waals surface area contributed by atoms with Crippen LogP contribution in [0.25, 0.3) is 11.1 Å². The zero-order valence-electron chi connectivity index (χ0n) is 23.1. The van der Waals surface area contributed by atoms with E-state index in [2.05, 4.69) is 31.2 Å². The van der Waals surface area contributed by atoms with Crippen molar-refractivity contribution in [1.82, 2.24) is 0 Å². The lowest BCUT2D eigenvalue weighted by atomic mass is 9.88. The minimum absolute atomic E-state index is 0.0185. The lowest BCUT2D eigenvalue weighted by Gasteiger charge is -2.46. The molecule has 8 nitrogen and oxygen atoms in total. The quantitative estimate of drug-likeness (QED) is 0.227. The van der Waals surface area contributed by atoms with E-state index in [1.54, 1.807) is 14.1 Å². The number of aliphatic hydroxyl groups is 3. The van der Waals surface area contributed by atoms with Crippen LogP contribution in [0.1, 0.15) is 30.0 Å². The fourth-order valence-electron chi connectivity index (χ4n) is 5.17. The fourth-order valence-corrected chi connectivity index (χ4v) is 5.17. The number of nitrogens with zero attached hydrogens (tertiary/aromatic N) is 1. The molecular weight excluding hydrogens is 510 g/mol. The summed E-state index contributed by atoms with van der Waals surface area (Å²) in [5.41, 5.74) is 5.79. The van der Waals surface area contributed by atoms with E-state index in [0.717, 1.165) is 23.1 Å². The van der Waals surface area contributed by atoms with Gasteiger partial charge in [0.15, 0.2) is 12.2 Å². The molecule has 0 radical (unpaired) electrons. The van der Waals surface area contributed by atoms with Crippen molar-refractivity contribution in [2.24, 2.45) is 0 Å². The predicted molar refractivity (Wildman–Crippen MR) is 152 cm³/mol. The van der Waals surface area contributed by atoms with Crippen molar-refractivity contribution in [3.63, 3.8) is 0 Å². The summed E-state index contributed by atoms with van der Waals surface area (Å²) in [5, 5.41) is 40.0. The molecular formula is C32H38NO7+. The topological polar surface area (TPSA) is 116 Å². The fraction of sp³-hybridized carbons (Fsp3) is 0.344. The number of carboxylic acids is 1. The van der Waals surface area contributed by atoms with Crippen molar-refractivity contribution in [1.29, 1.82) is 0 Å². The first-order chi connectivity index (χ1) is 19.1. The second-order valence-electron chi connectivity index (χ2n) is 10.6. The number of rotatable bonds is 10. The molecule has 5 atom stereocenters. The predicted octanol–water partition coefficient (Wildman–Crippen LogP) is 3.40. The Morgan fingerprint density at radius 2 is 1.35 bits per heavy atom. The molecule has 0 aliphatic carbocycles. The molecule has 1 aliphatic rings. The zero-order valence-corrected chi connectivity index (χ0v) is 23.1. The van der Waals surface area contributed by atoms with E-state index >= 15 is 0 Å². The number of ether oxygens (including phenoxy) is 2. The number of hydrogen-bond donors (Lipinski definition) is 4. The Morgan fingerprint density at radius 3 is 1.90 bits per heavy atom. The Kier molecular flexibility index (Phi) is 9.40. The minimum atomic E-state index is -1.72. The average molecular weight is 549 g/mol. The monoisotopic (exact) mass is 548 g/mol. The first kappa shape index (κ1) is 29.5. The number of carbonyl (C=O) groups is 1.